The van der Waals surface area contributed by atoms with Crippen LogP contribution in [0.3, 0.4) is 0 Å². The molecule has 1 fully saturated rings. The van der Waals surface area contributed by atoms with Crippen LogP contribution in [0.1, 0.15) is 45.2 Å². The number of rotatable bonds is 4. The number of nitrogens with zero attached hydrogens (tertiary/aromatic N) is 2. The number of aromatic nitrogens is 2. The highest BCUT2D eigenvalue weighted by molar-refractivity contribution is 5.09. The maximum absolute atomic E-state index is 5.97. The first kappa shape index (κ1) is 12.6. The fourth-order valence-electron chi connectivity index (χ4n) is 2.28. The Morgan fingerprint density at radius 3 is 3.00 bits per heavy atom. The quantitative estimate of drug-likeness (QED) is 0.872. The highest BCUT2D eigenvalue weighted by Crippen LogP contribution is 2.30. The summed E-state index contributed by atoms with van der Waals surface area (Å²) in [5.74, 6) is 0. The molecule has 0 aliphatic carbocycles. The fraction of sp³-hybridized carbons (Fsp3) is 0.769. The van der Waals surface area contributed by atoms with Crippen molar-refractivity contribution in [2.75, 3.05) is 7.05 Å². The van der Waals surface area contributed by atoms with Crippen molar-refractivity contribution in [2.45, 2.75) is 57.9 Å². The molecule has 0 radical (unpaired) electrons. The molecule has 96 valence electrons. The Kier molecular flexibility index (Phi) is 3.54. The van der Waals surface area contributed by atoms with Gasteiger partial charge in [0.15, 0.2) is 0 Å². The van der Waals surface area contributed by atoms with Gasteiger partial charge >= 0.3 is 0 Å². The van der Waals surface area contributed by atoms with Crippen molar-refractivity contribution < 1.29 is 4.74 Å². The zero-order valence-corrected chi connectivity index (χ0v) is 11.2. The minimum absolute atomic E-state index is 0.0406. The van der Waals surface area contributed by atoms with E-state index in [2.05, 4.69) is 37.4 Å². The Balaban J connectivity index is 1.94. The lowest BCUT2D eigenvalue weighted by Crippen LogP contribution is -2.23. The van der Waals surface area contributed by atoms with Gasteiger partial charge in [0.25, 0.3) is 0 Å². The first-order valence-corrected chi connectivity index (χ1v) is 6.37. The molecule has 2 heterocycles. The van der Waals surface area contributed by atoms with Crippen molar-refractivity contribution in [2.24, 2.45) is 0 Å². The first-order valence-electron chi connectivity index (χ1n) is 6.37. The zero-order chi connectivity index (χ0) is 12.5. The molecule has 0 bridgehead atoms. The SMILES string of the molecule is CNC(C)c1cnn(CC2CCC(C)(C)O2)c1. The third-order valence-electron chi connectivity index (χ3n) is 3.53. The lowest BCUT2D eigenvalue weighted by atomic mass is 10.1. The fourth-order valence-corrected chi connectivity index (χ4v) is 2.28. The van der Waals surface area contributed by atoms with Crippen LogP contribution in [0.25, 0.3) is 0 Å². The predicted molar refractivity (Wildman–Crippen MR) is 67.9 cm³/mol. The molecule has 1 aromatic heterocycles. The van der Waals surface area contributed by atoms with E-state index in [1.165, 1.54) is 5.56 Å². The summed E-state index contributed by atoms with van der Waals surface area (Å²) in [5.41, 5.74) is 1.27. The minimum Gasteiger partial charge on any atom is -0.370 e. The molecule has 2 unspecified atom stereocenters. The van der Waals surface area contributed by atoms with Gasteiger partial charge in [-0.25, -0.2) is 0 Å². The van der Waals surface area contributed by atoms with E-state index in [1.807, 2.05) is 17.9 Å². The van der Waals surface area contributed by atoms with E-state index >= 15 is 0 Å². The van der Waals surface area contributed by atoms with Crippen LogP contribution in [0, 0.1) is 0 Å². The third kappa shape index (κ3) is 3.07. The molecule has 1 aliphatic heterocycles. The van der Waals surface area contributed by atoms with E-state index < -0.39 is 0 Å². The van der Waals surface area contributed by atoms with E-state index in [0.717, 1.165) is 19.4 Å². The molecule has 1 aromatic rings. The van der Waals surface area contributed by atoms with Gasteiger partial charge in [0, 0.05) is 17.8 Å². The van der Waals surface area contributed by atoms with Gasteiger partial charge in [-0.1, -0.05) is 0 Å². The van der Waals surface area contributed by atoms with Crippen molar-refractivity contribution in [3.63, 3.8) is 0 Å². The summed E-state index contributed by atoms with van der Waals surface area (Å²) >= 11 is 0. The van der Waals surface area contributed by atoms with Crippen LogP contribution in [0.15, 0.2) is 12.4 Å². The summed E-state index contributed by atoms with van der Waals surface area (Å²) in [4.78, 5) is 0. The van der Waals surface area contributed by atoms with Crippen LogP contribution in [0.2, 0.25) is 0 Å². The van der Waals surface area contributed by atoms with Gasteiger partial charge in [-0.05, 0) is 40.7 Å². The summed E-state index contributed by atoms with van der Waals surface area (Å²) in [7, 11) is 1.96. The summed E-state index contributed by atoms with van der Waals surface area (Å²) in [6, 6.07) is 0.352. The minimum atomic E-state index is 0.0406. The summed E-state index contributed by atoms with van der Waals surface area (Å²) in [6.45, 7) is 7.31. The van der Waals surface area contributed by atoms with Crippen molar-refractivity contribution >= 4 is 0 Å². The molecule has 17 heavy (non-hydrogen) atoms. The Hall–Kier alpha value is -0.870. The van der Waals surface area contributed by atoms with Gasteiger partial charge in [-0.3, -0.25) is 4.68 Å². The molecule has 1 saturated heterocycles. The van der Waals surface area contributed by atoms with Crippen LogP contribution in [-0.2, 0) is 11.3 Å². The smallest absolute Gasteiger partial charge is 0.0779 e. The Bertz CT molecular complexity index is 372. The summed E-state index contributed by atoms with van der Waals surface area (Å²) in [5, 5.41) is 7.61. The van der Waals surface area contributed by atoms with Crippen LogP contribution in [0.5, 0.6) is 0 Å². The maximum atomic E-state index is 5.97. The van der Waals surface area contributed by atoms with E-state index in [0.29, 0.717) is 12.1 Å². The molecule has 0 aromatic carbocycles. The van der Waals surface area contributed by atoms with Crippen molar-refractivity contribution in [1.82, 2.24) is 15.1 Å². The number of hydrogen-bond donors (Lipinski definition) is 1. The van der Waals surface area contributed by atoms with E-state index in [1.54, 1.807) is 0 Å². The number of nitrogens with one attached hydrogen (secondary N) is 1. The highest BCUT2D eigenvalue weighted by atomic mass is 16.5. The second kappa shape index (κ2) is 4.78. The van der Waals surface area contributed by atoms with Crippen molar-refractivity contribution in [3.05, 3.63) is 18.0 Å². The molecule has 4 nitrogen and oxygen atoms in total. The van der Waals surface area contributed by atoms with Crippen molar-refractivity contribution in [1.29, 1.82) is 0 Å². The van der Waals surface area contributed by atoms with E-state index in [9.17, 15) is 0 Å². The predicted octanol–water partition coefficient (Wildman–Crippen LogP) is 2.12. The lowest BCUT2D eigenvalue weighted by molar-refractivity contribution is -0.0229. The molecular weight excluding hydrogens is 214 g/mol. The molecule has 2 atom stereocenters. The molecule has 4 heteroatoms. The Labute approximate surface area is 103 Å². The van der Waals surface area contributed by atoms with Gasteiger partial charge in [-0.15, -0.1) is 0 Å². The third-order valence-corrected chi connectivity index (χ3v) is 3.53. The molecule has 1 N–H and O–H groups in total. The van der Waals surface area contributed by atoms with E-state index in [4.69, 9.17) is 4.74 Å². The zero-order valence-electron chi connectivity index (χ0n) is 11.2. The highest BCUT2D eigenvalue weighted by Gasteiger charge is 2.31. The Morgan fingerprint density at radius 2 is 2.41 bits per heavy atom. The number of hydrogen-bond acceptors (Lipinski definition) is 3. The van der Waals surface area contributed by atoms with Gasteiger partial charge in [0.1, 0.15) is 0 Å². The van der Waals surface area contributed by atoms with Crippen molar-refractivity contribution in [3.8, 4) is 0 Å². The monoisotopic (exact) mass is 237 g/mol. The molecule has 0 saturated carbocycles. The largest absolute Gasteiger partial charge is 0.370 e. The lowest BCUT2D eigenvalue weighted by Gasteiger charge is -2.19. The molecule has 2 rings (SSSR count). The van der Waals surface area contributed by atoms with Crippen LogP contribution in [-0.4, -0.2) is 28.5 Å². The first-order chi connectivity index (χ1) is 8.00. The van der Waals surface area contributed by atoms with Crippen LogP contribution >= 0.6 is 0 Å². The second-order valence-electron chi connectivity index (χ2n) is 5.54. The molecule has 0 amide bonds. The normalized spacial score (nSPS) is 25.1. The van der Waals surface area contributed by atoms with Crippen LogP contribution in [0.4, 0.5) is 0 Å². The average molecular weight is 237 g/mol. The van der Waals surface area contributed by atoms with Gasteiger partial charge in [-0.2, -0.15) is 5.10 Å². The molecule has 1 aliphatic rings. The number of ether oxygens (including phenoxy) is 1. The average Bonchev–Trinajstić information content (AvgIpc) is 2.85. The van der Waals surface area contributed by atoms with E-state index in [-0.39, 0.29) is 5.60 Å². The summed E-state index contributed by atoms with van der Waals surface area (Å²) in [6.07, 6.45) is 6.61. The molecular formula is C13H23N3O. The van der Waals surface area contributed by atoms with Gasteiger partial charge in [0.05, 0.1) is 24.4 Å². The Morgan fingerprint density at radius 1 is 1.65 bits per heavy atom. The molecule has 0 spiro atoms. The maximum Gasteiger partial charge on any atom is 0.0779 e. The van der Waals surface area contributed by atoms with Gasteiger partial charge < -0.3 is 10.1 Å². The topological polar surface area (TPSA) is 39.1 Å². The van der Waals surface area contributed by atoms with Crippen LogP contribution < -0.4 is 5.32 Å². The van der Waals surface area contributed by atoms with Gasteiger partial charge in [0.2, 0.25) is 0 Å². The standard InChI is InChI=1S/C13H23N3O/c1-10(14-4)11-7-15-16(8-11)9-12-5-6-13(2,3)17-12/h7-8,10,12,14H,5-6,9H2,1-4H3. The summed E-state index contributed by atoms with van der Waals surface area (Å²) < 4.78 is 7.97. The second-order valence-corrected chi connectivity index (χ2v) is 5.54.